The first-order chi connectivity index (χ1) is 7.97. The van der Waals surface area contributed by atoms with Gasteiger partial charge < -0.3 is 0 Å². The van der Waals surface area contributed by atoms with Crippen molar-refractivity contribution in [2.75, 3.05) is 13.1 Å². The second kappa shape index (κ2) is 4.96. The maximum Gasteiger partial charge on any atom is 0.401 e. The third-order valence-electron chi connectivity index (χ3n) is 3.86. The van der Waals surface area contributed by atoms with Crippen molar-refractivity contribution < 1.29 is 18.0 Å². The van der Waals surface area contributed by atoms with Gasteiger partial charge in [0.15, 0.2) is 0 Å². The number of hydrogen-bond acceptors (Lipinski definition) is 2. The van der Waals surface area contributed by atoms with Crippen LogP contribution in [-0.2, 0) is 4.79 Å². The van der Waals surface area contributed by atoms with E-state index in [9.17, 15) is 18.0 Å². The predicted molar refractivity (Wildman–Crippen MR) is 57.6 cm³/mol. The maximum absolute atomic E-state index is 12.5. The van der Waals surface area contributed by atoms with Crippen LogP contribution in [0, 0.1) is 5.92 Å². The Labute approximate surface area is 99.2 Å². The molecule has 0 aromatic carbocycles. The standard InChI is InChI=1S/C12H18F3NO/c13-12(14,15)8-16-7-2-1-5-10(16)9-4-3-6-11(9)17/h9-10H,1-8H2. The van der Waals surface area contributed by atoms with Crippen LogP contribution >= 0.6 is 0 Å². The Morgan fingerprint density at radius 1 is 1.18 bits per heavy atom. The lowest BCUT2D eigenvalue weighted by atomic mass is 9.88. The van der Waals surface area contributed by atoms with E-state index in [-0.39, 0.29) is 17.7 Å². The largest absolute Gasteiger partial charge is 0.401 e. The molecule has 17 heavy (non-hydrogen) atoms. The molecule has 1 aliphatic heterocycles. The fourth-order valence-electron chi connectivity index (χ4n) is 3.15. The minimum Gasteiger partial charge on any atom is -0.299 e. The average molecular weight is 249 g/mol. The van der Waals surface area contributed by atoms with Crippen LogP contribution in [0.3, 0.4) is 0 Å². The molecule has 0 aromatic rings. The maximum atomic E-state index is 12.5. The van der Waals surface area contributed by atoms with E-state index in [1.165, 1.54) is 4.90 Å². The molecule has 2 fully saturated rings. The second-order valence-electron chi connectivity index (χ2n) is 5.11. The Kier molecular flexibility index (Phi) is 3.76. The minimum atomic E-state index is -4.16. The molecule has 1 saturated carbocycles. The van der Waals surface area contributed by atoms with Crippen molar-refractivity contribution in [2.45, 2.75) is 50.7 Å². The predicted octanol–water partition coefficient (Wildman–Crippen LogP) is 2.77. The molecule has 2 rings (SSSR count). The van der Waals surface area contributed by atoms with Crippen molar-refractivity contribution in [3.8, 4) is 0 Å². The molecule has 2 unspecified atom stereocenters. The molecule has 1 aliphatic carbocycles. The van der Waals surface area contributed by atoms with Crippen LogP contribution in [0.15, 0.2) is 0 Å². The molecule has 0 N–H and O–H groups in total. The quantitative estimate of drug-likeness (QED) is 0.750. The van der Waals surface area contributed by atoms with Gasteiger partial charge >= 0.3 is 6.18 Å². The zero-order valence-corrected chi connectivity index (χ0v) is 9.80. The van der Waals surface area contributed by atoms with Crippen LogP contribution < -0.4 is 0 Å². The molecule has 0 radical (unpaired) electrons. The number of ketones is 1. The topological polar surface area (TPSA) is 20.3 Å². The Bertz CT molecular complexity index is 290. The van der Waals surface area contributed by atoms with Gasteiger partial charge in [0.2, 0.25) is 0 Å². The van der Waals surface area contributed by atoms with Gasteiger partial charge in [-0.1, -0.05) is 6.42 Å². The minimum absolute atomic E-state index is 0.141. The van der Waals surface area contributed by atoms with Crippen molar-refractivity contribution in [3.63, 3.8) is 0 Å². The summed E-state index contributed by atoms with van der Waals surface area (Å²) in [6.45, 7) is -0.380. The van der Waals surface area contributed by atoms with E-state index in [0.717, 1.165) is 32.1 Å². The fourth-order valence-corrected chi connectivity index (χ4v) is 3.15. The molecule has 0 bridgehead atoms. The Morgan fingerprint density at radius 3 is 2.53 bits per heavy atom. The highest BCUT2D eigenvalue weighted by molar-refractivity contribution is 5.83. The Morgan fingerprint density at radius 2 is 1.94 bits per heavy atom. The molecular weight excluding hydrogens is 231 g/mol. The van der Waals surface area contributed by atoms with E-state index in [0.29, 0.717) is 13.0 Å². The number of likely N-dealkylation sites (tertiary alicyclic amines) is 1. The number of Topliss-reactive ketones (excluding diaryl/α,β-unsaturated/α-hetero) is 1. The number of halogens is 3. The lowest BCUT2D eigenvalue weighted by Gasteiger charge is -2.38. The van der Waals surface area contributed by atoms with Gasteiger partial charge in [0.25, 0.3) is 0 Å². The highest BCUT2D eigenvalue weighted by Gasteiger charge is 2.41. The highest BCUT2D eigenvalue weighted by atomic mass is 19.4. The second-order valence-corrected chi connectivity index (χ2v) is 5.11. The number of alkyl halides is 3. The molecule has 2 aliphatic rings. The van der Waals surface area contributed by atoms with Gasteiger partial charge in [-0.05, 0) is 32.2 Å². The SMILES string of the molecule is O=C1CCCC1C1CCCCN1CC(F)(F)F. The lowest BCUT2D eigenvalue weighted by Crippen LogP contribution is -2.49. The van der Waals surface area contributed by atoms with E-state index < -0.39 is 12.7 Å². The fraction of sp³-hybridized carbons (Fsp3) is 0.917. The summed E-state index contributed by atoms with van der Waals surface area (Å²) < 4.78 is 37.4. The van der Waals surface area contributed by atoms with Gasteiger partial charge in [0.1, 0.15) is 5.78 Å². The number of piperidine rings is 1. The van der Waals surface area contributed by atoms with Gasteiger partial charge in [-0.15, -0.1) is 0 Å². The van der Waals surface area contributed by atoms with E-state index in [4.69, 9.17) is 0 Å². The van der Waals surface area contributed by atoms with Crippen molar-refractivity contribution in [2.24, 2.45) is 5.92 Å². The number of carbonyl (C=O) groups is 1. The van der Waals surface area contributed by atoms with Gasteiger partial charge in [-0.25, -0.2) is 0 Å². The van der Waals surface area contributed by atoms with E-state index in [1.807, 2.05) is 0 Å². The summed E-state index contributed by atoms with van der Waals surface area (Å²) in [6, 6.07) is -0.166. The van der Waals surface area contributed by atoms with Crippen molar-refractivity contribution >= 4 is 5.78 Å². The van der Waals surface area contributed by atoms with Crippen LogP contribution in [0.25, 0.3) is 0 Å². The highest BCUT2D eigenvalue weighted by Crippen LogP contribution is 2.34. The molecule has 0 spiro atoms. The molecule has 0 amide bonds. The molecule has 1 heterocycles. The van der Waals surface area contributed by atoms with E-state index in [1.54, 1.807) is 0 Å². The lowest BCUT2D eigenvalue weighted by molar-refractivity contribution is -0.158. The molecule has 98 valence electrons. The molecule has 2 atom stereocenters. The third-order valence-corrected chi connectivity index (χ3v) is 3.86. The summed E-state index contributed by atoms with van der Waals surface area (Å²) in [6.07, 6.45) is 0.527. The van der Waals surface area contributed by atoms with Gasteiger partial charge in [0, 0.05) is 18.4 Å². The molecule has 2 nitrogen and oxygen atoms in total. The van der Waals surface area contributed by atoms with E-state index in [2.05, 4.69) is 0 Å². The summed E-state index contributed by atoms with van der Waals surface area (Å²) >= 11 is 0. The number of nitrogens with zero attached hydrogens (tertiary/aromatic N) is 1. The third kappa shape index (κ3) is 3.21. The monoisotopic (exact) mass is 249 g/mol. The summed E-state index contributed by atoms with van der Waals surface area (Å²) in [5.74, 6) is 0.0294. The summed E-state index contributed by atoms with van der Waals surface area (Å²) in [7, 11) is 0. The van der Waals surface area contributed by atoms with Crippen LogP contribution in [0.1, 0.15) is 38.5 Å². The van der Waals surface area contributed by atoms with Crippen molar-refractivity contribution in [1.82, 2.24) is 4.90 Å². The zero-order valence-electron chi connectivity index (χ0n) is 9.80. The van der Waals surface area contributed by atoms with Crippen LogP contribution in [0.5, 0.6) is 0 Å². The number of rotatable bonds is 2. The first-order valence-electron chi connectivity index (χ1n) is 6.31. The van der Waals surface area contributed by atoms with Crippen molar-refractivity contribution in [1.29, 1.82) is 0 Å². The van der Waals surface area contributed by atoms with Crippen LogP contribution in [-0.4, -0.2) is 36.0 Å². The summed E-state index contributed by atoms with van der Waals surface area (Å²) in [5.41, 5.74) is 0. The normalized spacial score (nSPS) is 32.1. The Hall–Kier alpha value is -0.580. The first kappa shape index (κ1) is 12.9. The van der Waals surface area contributed by atoms with Gasteiger partial charge in [-0.3, -0.25) is 9.69 Å². The van der Waals surface area contributed by atoms with Crippen LogP contribution in [0.4, 0.5) is 13.2 Å². The van der Waals surface area contributed by atoms with Crippen molar-refractivity contribution in [3.05, 3.63) is 0 Å². The van der Waals surface area contributed by atoms with E-state index >= 15 is 0 Å². The summed E-state index contributed by atoms with van der Waals surface area (Å²) in [5, 5.41) is 0. The van der Waals surface area contributed by atoms with Crippen LogP contribution in [0.2, 0.25) is 0 Å². The Balaban J connectivity index is 2.04. The van der Waals surface area contributed by atoms with Gasteiger partial charge in [-0.2, -0.15) is 13.2 Å². The zero-order chi connectivity index (χ0) is 12.5. The smallest absolute Gasteiger partial charge is 0.299 e. The van der Waals surface area contributed by atoms with Gasteiger partial charge in [0.05, 0.1) is 6.54 Å². The average Bonchev–Trinajstić information content (AvgIpc) is 2.63. The summed E-state index contributed by atoms with van der Waals surface area (Å²) in [4.78, 5) is 13.2. The first-order valence-corrected chi connectivity index (χ1v) is 6.31. The number of carbonyl (C=O) groups excluding carboxylic acids is 1. The number of hydrogen-bond donors (Lipinski definition) is 0. The molecule has 5 heteroatoms. The molecular formula is C12H18F3NO. The molecule has 1 saturated heterocycles. The molecule has 0 aromatic heterocycles.